The molecule has 0 aliphatic rings. The van der Waals surface area contributed by atoms with Gasteiger partial charge in [0.15, 0.2) is 0 Å². The first kappa shape index (κ1) is 30.4. The summed E-state index contributed by atoms with van der Waals surface area (Å²) in [5, 5.41) is 0. The van der Waals surface area contributed by atoms with E-state index in [4.69, 9.17) is 13.8 Å². The number of unbranched alkanes of at least 4 members (excludes halogenated alkanes) is 13. The Kier molecular flexibility index (Phi) is 22.9. The summed E-state index contributed by atoms with van der Waals surface area (Å²) in [4.78, 5) is 9.51. The zero-order chi connectivity index (χ0) is 22.3. The van der Waals surface area contributed by atoms with Gasteiger partial charge < -0.3 is 9.63 Å². The molecule has 0 heterocycles. The fourth-order valence-electron chi connectivity index (χ4n) is 3.43. The third-order valence-corrected chi connectivity index (χ3v) is 7.51. The summed E-state index contributed by atoms with van der Waals surface area (Å²) in [6.07, 6.45) is 19.3. The minimum absolute atomic E-state index is 0.104. The average Bonchev–Trinajstić information content (AvgIpc) is 2.71. The van der Waals surface area contributed by atoms with Crippen molar-refractivity contribution >= 4 is 19.6 Å². The van der Waals surface area contributed by atoms with Crippen LogP contribution in [-0.2, 0) is 18.3 Å². The lowest BCUT2D eigenvalue weighted by Crippen LogP contribution is -2.18. The quantitative estimate of drug-likeness (QED) is 0.116. The number of ether oxygens (including phenoxy) is 1. The SMILES string of the molecule is CCCCCCCCCCCCCCCCSCC(COC)COP(=O)(O)OCC. The maximum absolute atomic E-state index is 11.6. The fourth-order valence-corrected chi connectivity index (χ4v) is 5.33. The first-order valence-electron chi connectivity index (χ1n) is 12.2. The van der Waals surface area contributed by atoms with Crippen molar-refractivity contribution in [3.63, 3.8) is 0 Å². The summed E-state index contributed by atoms with van der Waals surface area (Å²) in [6.45, 7) is 4.82. The van der Waals surface area contributed by atoms with Crippen molar-refractivity contribution in [2.24, 2.45) is 5.92 Å². The molecular weight excluding hydrogens is 419 g/mol. The van der Waals surface area contributed by atoms with E-state index in [1.165, 1.54) is 89.9 Å². The molecule has 2 atom stereocenters. The Morgan fingerprint density at radius 1 is 0.767 bits per heavy atom. The van der Waals surface area contributed by atoms with Crippen LogP contribution in [0.4, 0.5) is 0 Å². The van der Waals surface area contributed by atoms with E-state index in [1.807, 2.05) is 11.8 Å². The maximum Gasteiger partial charge on any atom is 0.472 e. The minimum Gasteiger partial charge on any atom is -0.384 e. The van der Waals surface area contributed by atoms with Gasteiger partial charge in [-0.2, -0.15) is 11.8 Å². The van der Waals surface area contributed by atoms with Gasteiger partial charge in [-0.3, -0.25) is 9.05 Å². The normalized spacial score (nSPS) is 14.7. The van der Waals surface area contributed by atoms with Crippen molar-refractivity contribution in [3.05, 3.63) is 0 Å². The van der Waals surface area contributed by atoms with Gasteiger partial charge in [0.05, 0.1) is 19.8 Å². The molecule has 182 valence electrons. The van der Waals surface area contributed by atoms with E-state index in [0.29, 0.717) is 6.61 Å². The first-order chi connectivity index (χ1) is 14.6. The number of methoxy groups -OCH3 is 1. The summed E-state index contributed by atoms with van der Waals surface area (Å²) < 4.78 is 26.6. The molecule has 1 N–H and O–H groups in total. The molecule has 0 aliphatic heterocycles. The second kappa shape index (κ2) is 22.6. The minimum atomic E-state index is -3.91. The van der Waals surface area contributed by atoms with Crippen LogP contribution < -0.4 is 0 Å². The van der Waals surface area contributed by atoms with Gasteiger partial charge in [0.2, 0.25) is 0 Å². The predicted octanol–water partition coefficient (Wildman–Crippen LogP) is 7.62. The highest BCUT2D eigenvalue weighted by molar-refractivity contribution is 7.99. The van der Waals surface area contributed by atoms with Gasteiger partial charge in [-0.05, 0) is 19.1 Å². The lowest BCUT2D eigenvalue weighted by molar-refractivity contribution is 0.0994. The Bertz CT molecular complexity index is 398. The summed E-state index contributed by atoms with van der Waals surface area (Å²) in [6, 6.07) is 0. The Balaban J connectivity index is 3.46. The molecule has 30 heavy (non-hydrogen) atoms. The second-order valence-corrected chi connectivity index (χ2v) is 10.8. The van der Waals surface area contributed by atoms with E-state index in [1.54, 1.807) is 14.0 Å². The molecule has 0 bridgehead atoms. The predicted molar refractivity (Wildman–Crippen MR) is 130 cm³/mol. The largest absolute Gasteiger partial charge is 0.472 e. The highest BCUT2D eigenvalue weighted by Crippen LogP contribution is 2.43. The number of rotatable bonds is 24. The van der Waals surface area contributed by atoms with Crippen LogP contribution in [0.2, 0.25) is 0 Å². The molecule has 0 rings (SSSR count). The first-order valence-corrected chi connectivity index (χ1v) is 14.9. The van der Waals surface area contributed by atoms with E-state index >= 15 is 0 Å². The molecule has 2 unspecified atom stereocenters. The zero-order valence-corrected chi connectivity index (χ0v) is 21.7. The van der Waals surface area contributed by atoms with E-state index in [2.05, 4.69) is 6.92 Å². The van der Waals surface area contributed by atoms with Gasteiger partial charge >= 0.3 is 7.82 Å². The monoisotopic (exact) mass is 468 g/mol. The van der Waals surface area contributed by atoms with Gasteiger partial charge in [-0.25, -0.2) is 4.57 Å². The number of hydrogen-bond donors (Lipinski definition) is 1. The third-order valence-electron chi connectivity index (χ3n) is 5.16. The molecule has 0 saturated heterocycles. The van der Waals surface area contributed by atoms with Crippen LogP contribution in [0.3, 0.4) is 0 Å². The van der Waals surface area contributed by atoms with Crippen molar-refractivity contribution in [2.45, 2.75) is 104 Å². The number of thioether (sulfide) groups is 1. The second-order valence-electron chi connectivity index (χ2n) is 8.17. The maximum atomic E-state index is 11.6. The molecule has 5 nitrogen and oxygen atoms in total. The van der Waals surface area contributed by atoms with E-state index in [-0.39, 0.29) is 19.1 Å². The van der Waals surface area contributed by atoms with Crippen LogP contribution in [-0.4, -0.2) is 43.3 Å². The highest BCUT2D eigenvalue weighted by Gasteiger charge is 2.22. The van der Waals surface area contributed by atoms with Crippen molar-refractivity contribution in [2.75, 3.05) is 38.4 Å². The standard InChI is InChI=1S/C23H49O5PS/c1-4-6-7-8-9-10-11-12-13-14-15-16-17-18-19-30-22-23(20-26-3)21-28-29(24,25)27-5-2/h23H,4-22H2,1-3H3,(H,24,25). The summed E-state index contributed by atoms with van der Waals surface area (Å²) in [5.41, 5.74) is 0. The molecule has 0 aromatic carbocycles. The molecule has 0 aliphatic carbocycles. The van der Waals surface area contributed by atoms with E-state index in [9.17, 15) is 9.46 Å². The zero-order valence-electron chi connectivity index (χ0n) is 19.9. The van der Waals surface area contributed by atoms with Crippen LogP contribution in [0.15, 0.2) is 0 Å². The summed E-state index contributed by atoms with van der Waals surface area (Å²) in [5.74, 6) is 2.10. The molecule has 0 aromatic heterocycles. The van der Waals surface area contributed by atoms with Crippen LogP contribution in [0, 0.1) is 5.92 Å². The Labute approximate surface area is 191 Å². The average molecular weight is 469 g/mol. The van der Waals surface area contributed by atoms with Gasteiger partial charge in [0, 0.05) is 18.8 Å². The molecule has 0 saturated carbocycles. The Hall–Kier alpha value is 0.420. The number of phosphoric ester groups is 1. The van der Waals surface area contributed by atoms with E-state index < -0.39 is 7.82 Å². The lowest BCUT2D eigenvalue weighted by Gasteiger charge is -2.18. The van der Waals surface area contributed by atoms with Crippen molar-refractivity contribution in [3.8, 4) is 0 Å². The Morgan fingerprint density at radius 2 is 1.27 bits per heavy atom. The van der Waals surface area contributed by atoms with Gasteiger partial charge in [-0.1, -0.05) is 90.4 Å². The van der Waals surface area contributed by atoms with Crippen molar-refractivity contribution in [1.82, 2.24) is 0 Å². The molecule has 0 amide bonds. The fraction of sp³-hybridized carbons (Fsp3) is 1.00. The summed E-state index contributed by atoms with van der Waals surface area (Å²) >= 11 is 1.88. The van der Waals surface area contributed by atoms with Gasteiger partial charge in [-0.15, -0.1) is 0 Å². The third kappa shape index (κ3) is 21.6. The smallest absolute Gasteiger partial charge is 0.384 e. The van der Waals surface area contributed by atoms with Crippen molar-refractivity contribution < 1.29 is 23.2 Å². The van der Waals surface area contributed by atoms with Crippen LogP contribution in [0.5, 0.6) is 0 Å². The van der Waals surface area contributed by atoms with Gasteiger partial charge in [0.25, 0.3) is 0 Å². The Morgan fingerprint density at radius 3 is 1.73 bits per heavy atom. The molecular formula is C23H49O5PS. The lowest BCUT2D eigenvalue weighted by atomic mass is 10.0. The summed E-state index contributed by atoms with van der Waals surface area (Å²) in [7, 11) is -2.27. The topological polar surface area (TPSA) is 65.0 Å². The molecule has 0 radical (unpaired) electrons. The van der Waals surface area contributed by atoms with Gasteiger partial charge in [0.1, 0.15) is 0 Å². The number of phosphoric acid groups is 1. The number of hydrogen-bond acceptors (Lipinski definition) is 5. The molecule has 0 spiro atoms. The van der Waals surface area contributed by atoms with Crippen LogP contribution >= 0.6 is 19.6 Å². The molecule has 0 aromatic rings. The molecule has 0 fully saturated rings. The highest BCUT2D eigenvalue weighted by atomic mass is 32.2. The van der Waals surface area contributed by atoms with Crippen molar-refractivity contribution in [1.29, 1.82) is 0 Å². The van der Waals surface area contributed by atoms with Crippen LogP contribution in [0.25, 0.3) is 0 Å². The molecule has 7 heteroatoms. The van der Waals surface area contributed by atoms with Crippen LogP contribution in [0.1, 0.15) is 104 Å². The van der Waals surface area contributed by atoms with E-state index in [0.717, 1.165) is 11.5 Å².